The summed E-state index contributed by atoms with van der Waals surface area (Å²) >= 11 is 0. The molecular weight excluding hydrogens is 241 g/mol. The van der Waals surface area contributed by atoms with Gasteiger partial charge in [-0.3, -0.25) is 0 Å². The van der Waals surface area contributed by atoms with Crippen LogP contribution in [0.4, 0.5) is 0 Å². The standard InChI is InChI=1S/2C5H5.C4H8O.CH3.Sc/c3*1-2-4-5-3-1;;/h2*1-5H;1-4H2;1H3;/q;;;-1;. The van der Waals surface area contributed by atoms with Crippen LogP contribution in [0.5, 0.6) is 0 Å². The van der Waals surface area contributed by atoms with Crippen molar-refractivity contribution in [3.63, 3.8) is 0 Å². The average Bonchev–Trinajstić information content (AvgIpc) is 3.09. The largest absolute Gasteiger partial charge is 0.381 e. The molecule has 0 amide bonds. The van der Waals surface area contributed by atoms with Crippen LogP contribution in [0.15, 0.2) is 0 Å². The summed E-state index contributed by atoms with van der Waals surface area (Å²) in [5.74, 6) is 0. The Morgan fingerprint density at radius 2 is 0.765 bits per heavy atom. The van der Waals surface area contributed by atoms with E-state index in [0.29, 0.717) is 0 Å². The third kappa shape index (κ3) is 14.8. The molecule has 1 nitrogen and oxygen atoms in total. The molecule has 3 fully saturated rings. The van der Waals surface area contributed by atoms with E-state index < -0.39 is 0 Å². The van der Waals surface area contributed by atoms with Crippen molar-refractivity contribution in [1.29, 1.82) is 0 Å². The molecule has 0 unspecified atom stereocenters. The molecule has 1 heterocycles. The average molecular weight is 262 g/mol. The smallest absolute Gasteiger partial charge is 0.0466 e. The molecular formula is C15H21OSc-. The van der Waals surface area contributed by atoms with Gasteiger partial charge in [0.2, 0.25) is 0 Å². The molecule has 0 aromatic rings. The van der Waals surface area contributed by atoms with E-state index in [1.165, 1.54) is 12.8 Å². The van der Waals surface area contributed by atoms with Crippen LogP contribution in [-0.4, -0.2) is 13.2 Å². The second-order valence-corrected chi connectivity index (χ2v) is 3.24. The molecule has 91 valence electrons. The second kappa shape index (κ2) is 16.8. The Hall–Kier alpha value is 0.830. The third-order valence-corrected chi connectivity index (χ3v) is 1.94. The van der Waals surface area contributed by atoms with Crippen LogP contribution in [0.1, 0.15) is 12.8 Å². The zero-order valence-electron chi connectivity index (χ0n) is 10.6. The van der Waals surface area contributed by atoms with Gasteiger partial charge in [-0.25, -0.2) is 0 Å². The summed E-state index contributed by atoms with van der Waals surface area (Å²) in [7, 11) is 0. The minimum Gasteiger partial charge on any atom is -0.381 e. The first-order valence-corrected chi connectivity index (χ1v) is 5.41. The van der Waals surface area contributed by atoms with Crippen LogP contribution >= 0.6 is 0 Å². The molecule has 0 spiro atoms. The van der Waals surface area contributed by atoms with Gasteiger partial charge >= 0.3 is 0 Å². The maximum atomic E-state index is 4.94. The van der Waals surface area contributed by atoms with Crippen molar-refractivity contribution in [3.8, 4) is 0 Å². The molecule has 2 aliphatic carbocycles. The number of hydrogen-bond donors (Lipinski definition) is 0. The van der Waals surface area contributed by atoms with Crippen molar-refractivity contribution in [2.45, 2.75) is 12.8 Å². The summed E-state index contributed by atoms with van der Waals surface area (Å²) in [4.78, 5) is 0. The van der Waals surface area contributed by atoms with Gasteiger partial charge in [0.25, 0.3) is 0 Å². The third-order valence-electron chi connectivity index (χ3n) is 1.94. The summed E-state index contributed by atoms with van der Waals surface area (Å²) in [6, 6.07) is 0. The van der Waals surface area contributed by atoms with E-state index >= 15 is 0 Å². The normalized spacial score (nSPS) is 21.2. The minimum atomic E-state index is 0. The van der Waals surface area contributed by atoms with Gasteiger partial charge in [-0.05, 0) is 77.0 Å². The van der Waals surface area contributed by atoms with Gasteiger partial charge in [-0.1, -0.05) is 0 Å². The Morgan fingerprint density at radius 3 is 0.882 bits per heavy atom. The molecule has 2 saturated carbocycles. The summed E-state index contributed by atoms with van der Waals surface area (Å²) < 4.78 is 4.94. The minimum absolute atomic E-state index is 0. The summed E-state index contributed by atoms with van der Waals surface area (Å²) in [6.07, 6.45) is 22.6. The van der Waals surface area contributed by atoms with Crippen molar-refractivity contribution in [3.05, 3.63) is 71.6 Å². The fourth-order valence-corrected chi connectivity index (χ4v) is 1.15. The SMILES string of the molecule is C1CCOC1.[CH3-].[CH]1[CH][CH][CH][CH]1.[CH]1[CH][CH][CH][CH]1.[Sc]. The van der Waals surface area contributed by atoms with E-state index in [1.807, 2.05) is 64.2 Å². The molecule has 0 atom stereocenters. The van der Waals surface area contributed by atoms with E-state index in [-0.39, 0.29) is 33.3 Å². The fraction of sp³-hybridized carbons (Fsp3) is 0.267. The molecule has 17 heavy (non-hydrogen) atoms. The Kier molecular flexibility index (Phi) is 20.0. The van der Waals surface area contributed by atoms with Crippen LogP contribution in [0.25, 0.3) is 0 Å². The molecule has 0 N–H and O–H groups in total. The topological polar surface area (TPSA) is 9.23 Å². The van der Waals surface area contributed by atoms with Crippen molar-refractivity contribution >= 4 is 0 Å². The van der Waals surface area contributed by atoms with Crippen LogP contribution in [0.3, 0.4) is 0 Å². The molecule has 3 aliphatic rings. The summed E-state index contributed by atoms with van der Waals surface area (Å²) in [5, 5.41) is 0. The number of ether oxygens (including phenoxy) is 1. The van der Waals surface area contributed by atoms with Crippen molar-refractivity contribution in [2.75, 3.05) is 13.2 Å². The molecule has 1 saturated heterocycles. The van der Waals surface area contributed by atoms with Gasteiger partial charge in [-0.15, -0.1) is 0 Å². The number of hydrogen-bond acceptors (Lipinski definition) is 1. The second-order valence-electron chi connectivity index (χ2n) is 3.24. The van der Waals surface area contributed by atoms with E-state index in [1.54, 1.807) is 0 Å². The zero-order chi connectivity index (χ0) is 10.6. The quantitative estimate of drug-likeness (QED) is 0.609. The monoisotopic (exact) mass is 262 g/mol. The van der Waals surface area contributed by atoms with Gasteiger partial charge in [0.1, 0.15) is 0 Å². The Labute approximate surface area is 128 Å². The number of rotatable bonds is 0. The Balaban J connectivity index is 0. The van der Waals surface area contributed by atoms with E-state index in [0.717, 1.165) is 13.2 Å². The van der Waals surface area contributed by atoms with Crippen LogP contribution < -0.4 is 0 Å². The molecule has 1 aliphatic heterocycles. The van der Waals surface area contributed by atoms with Gasteiger partial charge < -0.3 is 12.2 Å². The van der Waals surface area contributed by atoms with E-state index in [4.69, 9.17) is 4.74 Å². The molecule has 3 rings (SSSR count). The predicted molar refractivity (Wildman–Crippen MR) is 69.5 cm³/mol. The van der Waals surface area contributed by atoms with Crippen molar-refractivity contribution < 1.29 is 30.6 Å². The van der Waals surface area contributed by atoms with Crippen LogP contribution in [-0.2, 0) is 30.6 Å². The molecule has 0 aromatic heterocycles. The Bertz CT molecular complexity index is 69.5. The Morgan fingerprint density at radius 1 is 0.529 bits per heavy atom. The van der Waals surface area contributed by atoms with E-state index in [2.05, 4.69) is 0 Å². The van der Waals surface area contributed by atoms with Crippen LogP contribution in [0, 0.1) is 71.6 Å². The molecule has 0 bridgehead atoms. The van der Waals surface area contributed by atoms with Crippen molar-refractivity contribution in [2.24, 2.45) is 0 Å². The maximum Gasteiger partial charge on any atom is 0.0466 e. The van der Waals surface area contributed by atoms with Crippen LogP contribution in [0.2, 0.25) is 0 Å². The van der Waals surface area contributed by atoms with Gasteiger partial charge in [-0.2, -0.15) is 0 Å². The fourth-order valence-electron chi connectivity index (χ4n) is 1.15. The summed E-state index contributed by atoms with van der Waals surface area (Å²) in [5.41, 5.74) is 0. The first-order chi connectivity index (χ1) is 7.50. The van der Waals surface area contributed by atoms with Gasteiger partial charge in [0.15, 0.2) is 0 Å². The first-order valence-electron chi connectivity index (χ1n) is 5.41. The zero-order valence-corrected chi connectivity index (χ0v) is 12.4. The van der Waals surface area contributed by atoms with E-state index in [9.17, 15) is 0 Å². The molecule has 2 heteroatoms. The summed E-state index contributed by atoms with van der Waals surface area (Å²) in [6.45, 7) is 2.00. The van der Waals surface area contributed by atoms with Gasteiger partial charge in [0.05, 0.1) is 0 Å². The predicted octanol–water partition coefficient (Wildman–Crippen LogP) is 3.29. The van der Waals surface area contributed by atoms with Crippen molar-refractivity contribution in [1.82, 2.24) is 0 Å². The first kappa shape index (κ1) is 20.2. The maximum absolute atomic E-state index is 4.94. The molecule has 11 radical (unpaired) electrons. The molecule has 0 aromatic carbocycles. The van der Waals surface area contributed by atoms with Gasteiger partial charge in [0, 0.05) is 39.1 Å².